The van der Waals surface area contributed by atoms with Crippen molar-refractivity contribution < 1.29 is 14.3 Å². The first-order chi connectivity index (χ1) is 13.6. The molecule has 7 rings (SSSR count). The number of ether oxygens (including phenoxy) is 1. The molecule has 1 aliphatic heterocycles. The summed E-state index contributed by atoms with van der Waals surface area (Å²) in [5, 5.41) is 0.649. The topological polar surface area (TPSA) is 46.6 Å². The van der Waals surface area contributed by atoms with Gasteiger partial charge in [0.25, 0.3) is 0 Å². The highest BCUT2D eigenvalue weighted by Gasteiger charge is 2.67. The molecule has 6 atom stereocenters. The standard InChI is InChI=1S/C23H18ClNO3/c24-12-1-5-14(6-2-12)28-15-7-3-13(4-8-15)25-22(26)20-16-9-10-17(19-11-18(16)19)21(20)23(25)27/h1-10,16-21H,11H2. The van der Waals surface area contributed by atoms with Crippen molar-refractivity contribution in [2.24, 2.45) is 35.5 Å². The summed E-state index contributed by atoms with van der Waals surface area (Å²) in [4.78, 5) is 27.7. The van der Waals surface area contributed by atoms with Crippen LogP contribution in [0.3, 0.4) is 0 Å². The Morgan fingerprint density at radius 3 is 1.82 bits per heavy atom. The van der Waals surface area contributed by atoms with E-state index < -0.39 is 0 Å². The van der Waals surface area contributed by atoms with Gasteiger partial charge in [-0.05, 0) is 78.6 Å². The Morgan fingerprint density at radius 1 is 0.786 bits per heavy atom. The van der Waals surface area contributed by atoms with E-state index in [9.17, 15) is 9.59 Å². The maximum atomic E-state index is 13.1. The molecule has 3 fully saturated rings. The number of anilines is 1. The molecule has 0 spiro atoms. The number of allylic oxidation sites excluding steroid dienone is 2. The molecule has 0 N–H and O–H groups in total. The van der Waals surface area contributed by atoms with Crippen molar-refractivity contribution in [3.05, 3.63) is 65.7 Å². The first kappa shape index (κ1) is 16.4. The van der Waals surface area contributed by atoms with Gasteiger partial charge in [0, 0.05) is 5.02 Å². The highest BCUT2D eigenvalue weighted by atomic mass is 35.5. The average molecular weight is 392 g/mol. The van der Waals surface area contributed by atoms with Crippen molar-refractivity contribution in [2.75, 3.05) is 4.90 Å². The molecule has 4 nitrogen and oxygen atoms in total. The number of imide groups is 1. The van der Waals surface area contributed by atoms with E-state index in [1.807, 2.05) is 0 Å². The fourth-order valence-corrected chi connectivity index (χ4v) is 5.64. The fourth-order valence-electron chi connectivity index (χ4n) is 5.51. The molecule has 6 unspecified atom stereocenters. The summed E-state index contributed by atoms with van der Waals surface area (Å²) in [7, 11) is 0. The summed E-state index contributed by atoms with van der Waals surface area (Å²) < 4.78 is 5.81. The van der Waals surface area contributed by atoms with Crippen LogP contribution >= 0.6 is 11.6 Å². The summed E-state index contributed by atoms with van der Waals surface area (Å²) in [5.74, 6) is 2.63. The minimum atomic E-state index is -0.170. The van der Waals surface area contributed by atoms with Gasteiger partial charge in [0.05, 0.1) is 17.5 Å². The van der Waals surface area contributed by atoms with E-state index in [2.05, 4.69) is 12.2 Å². The first-order valence-electron chi connectivity index (χ1n) is 9.71. The second kappa shape index (κ2) is 5.71. The Morgan fingerprint density at radius 2 is 1.29 bits per heavy atom. The molecule has 5 heteroatoms. The number of carbonyl (C=O) groups excluding carboxylic acids is 2. The van der Waals surface area contributed by atoms with Crippen molar-refractivity contribution in [2.45, 2.75) is 6.42 Å². The first-order valence-corrected chi connectivity index (χ1v) is 10.1. The lowest BCUT2D eigenvalue weighted by atomic mass is 9.63. The number of hydrogen-bond acceptors (Lipinski definition) is 3. The van der Waals surface area contributed by atoms with Crippen LogP contribution in [0, 0.1) is 35.5 Å². The minimum absolute atomic E-state index is 0.0360. The van der Waals surface area contributed by atoms with Crippen LogP contribution in [0.1, 0.15) is 6.42 Å². The van der Waals surface area contributed by atoms with Crippen LogP contribution in [0.2, 0.25) is 5.02 Å². The van der Waals surface area contributed by atoms with E-state index in [4.69, 9.17) is 16.3 Å². The van der Waals surface area contributed by atoms with E-state index in [1.54, 1.807) is 48.5 Å². The number of hydrogen-bond donors (Lipinski definition) is 0. The Labute approximate surface area is 167 Å². The summed E-state index contributed by atoms with van der Waals surface area (Å²) in [6.07, 6.45) is 5.56. The maximum absolute atomic E-state index is 13.1. The zero-order chi connectivity index (χ0) is 19.0. The zero-order valence-corrected chi connectivity index (χ0v) is 15.8. The molecule has 2 amide bonds. The smallest absolute Gasteiger partial charge is 0.238 e. The second-order valence-corrected chi connectivity index (χ2v) is 8.65. The van der Waals surface area contributed by atoms with Gasteiger partial charge in [0.1, 0.15) is 11.5 Å². The van der Waals surface area contributed by atoms with Gasteiger partial charge < -0.3 is 4.74 Å². The second-order valence-electron chi connectivity index (χ2n) is 8.22. The molecule has 0 radical (unpaired) electrons. The molecule has 2 saturated carbocycles. The van der Waals surface area contributed by atoms with Gasteiger partial charge in [-0.2, -0.15) is 0 Å². The molecule has 28 heavy (non-hydrogen) atoms. The van der Waals surface area contributed by atoms with Crippen molar-refractivity contribution in [3.63, 3.8) is 0 Å². The number of halogens is 1. The lowest BCUT2D eigenvalue weighted by Crippen LogP contribution is -2.40. The van der Waals surface area contributed by atoms with Gasteiger partial charge in [-0.15, -0.1) is 0 Å². The fraction of sp³-hybridized carbons (Fsp3) is 0.304. The van der Waals surface area contributed by atoms with E-state index in [1.165, 1.54) is 11.3 Å². The molecule has 2 aromatic carbocycles. The highest BCUT2D eigenvalue weighted by Crippen LogP contribution is 2.65. The monoisotopic (exact) mass is 391 g/mol. The van der Waals surface area contributed by atoms with E-state index in [-0.39, 0.29) is 35.5 Å². The van der Waals surface area contributed by atoms with Gasteiger partial charge in [0.15, 0.2) is 0 Å². The third kappa shape index (κ3) is 2.24. The molecule has 1 heterocycles. The predicted molar refractivity (Wildman–Crippen MR) is 105 cm³/mol. The number of benzene rings is 2. The van der Waals surface area contributed by atoms with Crippen LogP contribution in [0.25, 0.3) is 0 Å². The molecule has 0 aromatic heterocycles. The quantitative estimate of drug-likeness (QED) is 0.563. The largest absolute Gasteiger partial charge is 0.457 e. The summed E-state index contributed by atoms with van der Waals surface area (Å²) >= 11 is 5.89. The maximum Gasteiger partial charge on any atom is 0.238 e. The summed E-state index contributed by atoms with van der Waals surface area (Å²) in [6, 6.07) is 14.3. The summed E-state index contributed by atoms with van der Waals surface area (Å²) in [5.41, 5.74) is 0.626. The van der Waals surface area contributed by atoms with Crippen molar-refractivity contribution in [1.82, 2.24) is 0 Å². The van der Waals surface area contributed by atoms with Gasteiger partial charge in [-0.1, -0.05) is 23.8 Å². The minimum Gasteiger partial charge on any atom is -0.457 e. The van der Waals surface area contributed by atoms with Gasteiger partial charge in [0.2, 0.25) is 11.8 Å². The van der Waals surface area contributed by atoms with E-state index in [0.29, 0.717) is 34.0 Å². The van der Waals surface area contributed by atoms with Gasteiger partial charge in [-0.3, -0.25) is 14.5 Å². The van der Waals surface area contributed by atoms with Gasteiger partial charge in [-0.25, -0.2) is 0 Å². The Kier molecular flexibility index (Phi) is 3.34. The van der Waals surface area contributed by atoms with Crippen LogP contribution in [0.4, 0.5) is 5.69 Å². The normalized spacial score (nSPS) is 34.4. The highest BCUT2D eigenvalue weighted by molar-refractivity contribution is 6.30. The lowest BCUT2D eigenvalue weighted by Gasteiger charge is -2.37. The number of amides is 2. The predicted octanol–water partition coefficient (Wildman–Crippen LogP) is 4.69. The van der Waals surface area contributed by atoms with Crippen molar-refractivity contribution >= 4 is 29.1 Å². The van der Waals surface area contributed by atoms with Crippen LogP contribution < -0.4 is 9.64 Å². The molecule has 140 valence electrons. The molecule has 1 saturated heterocycles. The van der Waals surface area contributed by atoms with E-state index >= 15 is 0 Å². The lowest BCUT2D eigenvalue weighted by molar-refractivity contribution is -0.124. The number of nitrogens with zero attached hydrogens (tertiary/aromatic N) is 1. The van der Waals surface area contributed by atoms with Crippen molar-refractivity contribution in [1.29, 1.82) is 0 Å². The molecule has 4 aliphatic carbocycles. The van der Waals surface area contributed by atoms with Crippen LogP contribution in [0.5, 0.6) is 11.5 Å². The van der Waals surface area contributed by atoms with Crippen LogP contribution in [0.15, 0.2) is 60.7 Å². The van der Waals surface area contributed by atoms with Gasteiger partial charge >= 0.3 is 0 Å². The SMILES string of the molecule is O=C1C2C3C=CC(C4CC34)C2C(=O)N1c1ccc(Oc2ccc(Cl)cc2)cc1. The van der Waals surface area contributed by atoms with Crippen LogP contribution in [-0.2, 0) is 9.59 Å². The average Bonchev–Trinajstić information content (AvgIpc) is 3.49. The molecular weight excluding hydrogens is 374 g/mol. The molecule has 2 bridgehead atoms. The van der Waals surface area contributed by atoms with E-state index in [0.717, 1.165) is 0 Å². The Hall–Kier alpha value is -2.59. The molecule has 2 aromatic rings. The van der Waals surface area contributed by atoms with Crippen LogP contribution in [-0.4, -0.2) is 11.8 Å². The number of rotatable bonds is 3. The molecular formula is C23H18ClNO3. The molecule has 5 aliphatic rings. The zero-order valence-electron chi connectivity index (χ0n) is 15.0. The third-order valence-corrected chi connectivity index (χ3v) is 7.06. The Bertz CT molecular complexity index is 977. The summed E-state index contributed by atoms with van der Waals surface area (Å²) in [6.45, 7) is 0. The Balaban J connectivity index is 1.26. The number of carbonyl (C=O) groups is 2. The van der Waals surface area contributed by atoms with Crippen molar-refractivity contribution in [3.8, 4) is 11.5 Å². The third-order valence-electron chi connectivity index (χ3n) is 6.81.